The summed E-state index contributed by atoms with van der Waals surface area (Å²) < 4.78 is 5.01. The highest BCUT2D eigenvalue weighted by atomic mass is 32.2. The third kappa shape index (κ3) is 12.9. The van der Waals surface area contributed by atoms with Gasteiger partial charge < -0.3 is 20.7 Å². The Bertz CT molecular complexity index is 121. The van der Waals surface area contributed by atoms with Crippen molar-refractivity contribution in [3.8, 4) is 0 Å². The number of thioether (sulfide) groups is 1. The fraction of sp³-hybridized carbons (Fsp3) is 1.00. The van der Waals surface area contributed by atoms with Crippen molar-refractivity contribution in [1.29, 1.82) is 0 Å². The summed E-state index contributed by atoms with van der Waals surface area (Å²) in [6.45, 7) is 7.56. The molecular formula is C14H31N3OS. The maximum atomic E-state index is 5.01. The van der Waals surface area contributed by atoms with Crippen LogP contribution in [0.5, 0.6) is 0 Å². The van der Waals surface area contributed by atoms with Crippen LogP contribution in [-0.4, -0.2) is 57.6 Å². The van der Waals surface area contributed by atoms with E-state index in [0.717, 1.165) is 26.3 Å². The van der Waals surface area contributed by atoms with Crippen LogP contribution in [0.4, 0.5) is 0 Å². The normalized spacial score (nSPS) is 24.0. The van der Waals surface area contributed by atoms with Gasteiger partial charge in [-0.05, 0) is 44.6 Å². The molecule has 114 valence electrons. The highest BCUT2D eigenvalue weighted by Crippen LogP contribution is 2.02. The zero-order valence-electron chi connectivity index (χ0n) is 12.2. The Morgan fingerprint density at radius 1 is 0.632 bits per heavy atom. The van der Waals surface area contributed by atoms with Crippen LogP contribution < -0.4 is 16.0 Å². The molecule has 3 fully saturated rings. The Kier molecular flexibility index (Phi) is 13.2. The second-order valence-corrected chi connectivity index (χ2v) is 6.04. The molecule has 4 nitrogen and oxygen atoms in total. The molecule has 3 heterocycles. The second kappa shape index (κ2) is 14.6. The first-order valence-electron chi connectivity index (χ1n) is 7.78. The van der Waals surface area contributed by atoms with Crippen LogP contribution >= 0.6 is 11.8 Å². The van der Waals surface area contributed by atoms with Crippen molar-refractivity contribution in [2.75, 3.05) is 57.6 Å². The Morgan fingerprint density at radius 2 is 1.26 bits per heavy atom. The smallest absolute Gasteiger partial charge is 0.0591 e. The number of hydrogen-bond acceptors (Lipinski definition) is 5. The predicted molar refractivity (Wildman–Crippen MR) is 85.0 cm³/mol. The highest BCUT2D eigenvalue weighted by Gasteiger charge is 1.94. The van der Waals surface area contributed by atoms with Crippen molar-refractivity contribution in [3.05, 3.63) is 0 Å². The molecule has 3 aliphatic heterocycles. The Morgan fingerprint density at radius 3 is 1.58 bits per heavy atom. The number of hydrogen-bond donors (Lipinski definition) is 3. The molecule has 19 heavy (non-hydrogen) atoms. The third-order valence-electron chi connectivity index (χ3n) is 3.15. The molecule has 0 unspecified atom stereocenters. The SMILES string of the molecule is C1CCCNCC1.C1CNCSC1.C1COCCN1. The Balaban J connectivity index is 0.000000143. The quantitative estimate of drug-likeness (QED) is 0.630. The predicted octanol–water partition coefficient (Wildman–Crippen LogP) is 1.43. The first-order chi connectivity index (χ1) is 9.50. The molecule has 3 aliphatic rings. The average molecular weight is 289 g/mol. The summed E-state index contributed by atoms with van der Waals surface area (Å²) in [6, 6.07) is 0. The summed E-state index contributed by atoms with van der Waals surface area (Å²) in [4.78, 5) is 0. The Hall–Kier alpha value is 0.190. The molecule has 0 aliphatic carbocycles. The lowest BCUT2D eigenvalue weighted by Gasteiger charge is -2.10. The first kappa shape index (κ1) is 17.2. The van der Waals surface area contributed by atoms with Crippen LogP contribution in [0, 0.1) is 0 Å². The van der Waals surface area contributed by atoms with Crippen LogP contribution in [0.2, 0.25) is 0 Å². The van der Waals surface area contributed by atoms with Crippen molar-refractivity contribution < 1.29 is 4.74 Å². The van der Waals surface area contributed by atoms with Gasteiger partial charge in [-0.2, -0.15) is 0 Å². The molecular weight excluding hydrogens is 258 g/mol. The van der Waals surface area contributed by atoms with Gasteiger partial charge in [-0.1, -0.05) is 12.8 Å². The van der Waals surface area contributed by atoms with Gasteiger partial charge in [0.25, 0.3) is 0 Å². The number of nitrogens with one attached hydrogen (secondary N) is 3. The summed E-state index contributed by atoms with van der Waals surface area (Å²) in [5, 5.41) is 9.75. The highest BCUT2D eigenvalue weighted by molar-refractivity contribution is 7.99. The molecule has 3 rings (SSSR count). The molecule has 0 bridgehead atoms. The fourth-order valence-corrected chi connectivity index (χ4v) is 2.79. The average Bonchev–Trinajstić information content (AvgIpc) is 2.85. The molecule has 3 N–H and O–H groups in total. The minimum Gasteiger partial charge on any atom is -0.379 e. The fourth-order valence-electron chi connectivity index (χ4n) is 2.01. The van der Waals surface area contributed by atoms with E-state index >= 15 is 0 Å². The van der Waals surface area contributed by atoms with E-state index < -0.39 is 0 Å². The second-order valence-electron chi connectivity index (χ2n) is 4.93. The van der Waals surface area contributed by atoms with Gasteiger partial charge in [-0.15, -0.1) is 11.8 Å². The summed E-state index contributed by atoms with van der Waals surface area (Å²) in [5.74, 6) is 2.52. The minimum atomic E-state index is 0.889. The molecule has 0 spiro atoms. The molecule has 0 saturated carbocycles. The van der Waals surface area contributed by atoms with Crippen LogP contribution in [0.1, 0.15) is 32.1 Å². The summed E-state index contributed by atoms with van der Waals surface area (Å²) in [7, 11) is 0. The third-order valence-corrected chi connectivity index (χ3v) is 4.14. The van der Waals surface area contributed by atoms with Gasteiger partial charge in [0.15, 0.2) is 0 Å². The van der Waals surface area contributed by atoms with E-state index in [2.05, 4.69) is 16.0 Å². The van der Waals surface area contributed by atoms with Crippen molar-refractivity contribution in [2.45, 2.75) is 32.1 Å². The zero-order chi connectivity index (χ0) is 13.4. The lowest BCUT2D eigenvalue weighted by Crippen LogP contribution is -2.30. The van der Waals surface area contributed by atoms with Crippen molar-refractivity contribution >= 4 is 11.8 Å². The lowest BCUT2D eigenvalue weighted by atomic mass is 10.2. The molecule has 0 atom stereocenters. The van der Waals surface area contributed by atoms with E-state index in [1.807, 2.05) is 11.8 Å². The monoisotopic (exact) mass is 289 g/mol. The topological polar surface area (TPSA) is 45.3 Å². The minimum absolute atomic E-state index is 0.889. The van der Waals surface area contributed by atoms with Crippen molar-refractivity contribution in [1.82, 2.24) is 16.0 Å². The van der Waals surface area contributed by atoms with Gasteiger partial charge in [0.1, 0.15) is 0 Å². The number of morpholine rings is 1. The lowest BCUT2D eigenvalue weighted by molar-refractivity contribution is 0.109. The van der Waals surface area contributed by atoms with Crippen molar-refractivity contribution in [3.63, 3.8) is 0 Å². The van der Waals surface area contributed by atoms with Gasteiger partial charge >= 0.3 is 0 Å². The molecule has 0 aromatic rings. The van der Waals surface area contributed by atoms with E-state index in [4.69, 9.17) is 4.74 Å². The maximum Gasteiger partial charge on any atom is 0.0591 e. The van der Waals surface area contributed by atoms with Gasteiger partial charge in [0, 0.05) is 19.0 Å². The number of rotatable bonds is 0. The van der Waals surface area contributed by atoms with Gasteiger partial charge in [0.05, 0.1) is 13.2 Å². The maximum absolute atomic E-state index is 5.01. The molecule has 0 aromatic heterocycles. The molecule has 0 aromatic carbocycles. The summed E-state index contributed by atoms with van der Waals surface area (Å²) >= 11 is 1.98. The van der Waals surface area contributed by atoms with E-state index in [1.54, 1.807) is 0 Å². The summed E-state index contributed by atoms with van der Waals surface area (Å²) in [6.07, 6.45) is 7.00. The van der Waals surface area contributed by atoms with Gasteiger partial charge in [-0.3, -0.25) is 0 Å². The van der Waals surface area contributed by atoms with E-state index in [9.17, 15) is 0 Å². The zero-order valence-corrected chi connectivity index (χ0v) is 13.0. The van der Waals surface area contributed by atoms with E-state index in [1.165, 1.54) is 63.4 Å². The largest absolute Gasteiger partial charge is 0.379 e. The van der Waals surface area contributed by atoms with Gasteiger partial charge in [-0.25, -0.2) is 0 Å². The molecule has 3 saturated heterocycles. The van der Waals surface area contributed by atoms with Crippen molar-refractivity contribution in [2.24, 2.45) is 0 Å². The molecule has 0 radical (unpaired) electrons. The molecule has 5 heteroatoms. The van der Waals surface area contributed by atoms with Gasteiger partial charge in [0.2, 0.25) is 0 Å². The van der Waals surface area contributed by atoms with E-state index in [-0.39, 0.29) is 0 Å². The van der Waals surface area contributed by atoms with E-state index in [0.29, 0.717) is 0 Å². The molecule has 0 amide bonds. The first-order valence-corrected chi connectivity index (χ1v) is 8.93. The Labute approximate surface area is 122 Å². The van der Waals surface area contributed by atoms with Crippen LogP contribution in [-0.2, 0) is 4.74 Å². The van der Waals surface area contributed by atoms with Crippen LogP contribution in [0.25, 0.3) is 0 Å². The van der Waals surface area contributed by atoms with Crippen LogP contribution in [0.3, 0.4) is 0 Å². The standard InChI is InChI=1S/C6H13N.C4H9NO.C4H9NS/c1-2-4-6-7-5-3-1;1-3-6-4-2-5-1;1-2-5-4-6-3-1/h7H,1-6H2;2*5H,1-4H2. The van der Waals surface area contributed by atoms with Crippen LogP contribution in [0.15, 0.2) is 0 Å². The summed E-state index contributed by atoms with van der Waals surface area (Å²) in [5.41, 5.74) is 0. The number of ether oxygens (including phenoxy) is 1.